The standard InChI is InChI=1S/C19H29NO3/c1-11-6-13-9-17(21)12(2)14-8-15(13)16(7-11)20(10-14)18(22)23-19(3,4)5/h11,13-16H,2,6-10H2,1,3-5H3/t11-,13+,14-,15-,16+/m1/s1. The zero-order valence-electron chi connectivity index (χ0n) is 14.8. The van der Waals surface area contributed by atoms with Crippen LogP contribution in [0.3, 0.4) is 0 Å². The first kappa shape index (κ1) is 16.5. The third-order valence-electron chi connectivity index (χ3n) is 5.75. The molecule has 1 heterocycles. The molecule has 4 nitrogen and oxygen atoms in total. The molecule has 3 rings (SSSR count). The second-order valence-corrected chi connectivity index (χ2v) is 8.79. The molecule has 0 spiro atoms. The number of likely N-dealkylation sites (tertiary alicyclic amines) is 1. The molecule has 23 heavy (non-hydrogen) atoms. The molecular formula is C19H29NO3. The number of amides is 1. The van der Waals surface area contributed by atoms with Crippen molar-refractivity contribution in [1.82, 2.24) is 4.90 Å². The quantitative estimate of drug-likeness (QED) is 0.638. The summed E-state index contributed by atoms with van der Waals surface area (Å²) in [5, 5.41) is 0. The maximum atomic E-state index is 12.7. The minimum atomic E-state index is -0.494. The van der Waals surface area contributed by atoms with Crippen LogP contribution < -0.4 is 0 Å². The van der Waals surface area contributed by atoms with Gasteiger partial charge in [0.1, 0.15) is 5.60 Å². The highest BCUT2D eigenvalue weighted by atomic mass is 16.6. The fraction of sp³-hybridized carbons (Fsp3) is 0.789. The van der Waals surface area contributed by atoms with E-state index in [0.29, 0.717) is 30.7 Å². The molecule has 0 aromatic rings. The maximum Gasteiger partial charge on any atom is 0.410 e. The van der Waals surface area contributed by atoms with Gasteiger partial charge in [-0.25, -0.2) is 4.79 Å². The number of ether oxygens (including phenoxy) is 1. The van der Waals surface area contributed by atoms with Gasteiger partial charge in [-0.2, -0.15) is 0 Å². The number of ketones is 1. The van der Waals surface area contributed by atoms with Gasteiger partial charge in [-0.1, -0.05) is 13.5 Å². The van der Waals surface area contributed by atoms with E-state index in [9.17, 15) is 9.59 Å². The summed E-state index contributed by atoms with van der Waals surface area (Å²) in [4.78, 5) is 27.1. The first-order valence-electron chi connectivity index (χ1n) is 8.87. The molecule has 3 fully saturated rings. The van der Waals surface area contributed by atoms with Crippen LogP contribution in [0.5, 0.6) is 0 Å². The van der Waals surface area contributed by atoms with Crippen LogP contribution in [0.2, 0.25) is 0 Å². The number of carbonyl (C=O) groups excluding carboxylic acids is 2. The Morgan fingerprint density at radius 2 is 1.96 bits per heavy atom. The number of hydrogen-bond donors (Lipinski definition) is 0. The molecule has 0 unspecified atom stereocenters. The number of hydrogen-bond acceptors (Lipinski definition) is 3. The third-order valence-corrected chi connectivity index (χ3v) is 5.75. The van der Waals surface area contributed by atoms with Crippen molar-refractivity contribution in [1.29, 1.82) is 0 Å². The first-order valence-corrected chi connectivity index (χ1v) is 8.87. The number of carbonyl (C=O) groups is 2. The molecule has 5 atom stereocenters. The topological polar surface area (TPSA) is 46.6 Å². The normalized spacial score (nSPS) is 37.4. The molecule has 1 aliphatic heterocycles. The summed E-state index contributed by atoms with van der Waals surface area (Å²) in [6.45, 7) is 12.6. The van der Waals surface area contributed by atoms with Crippen LogP contribution in [0.25, 0.3) is 0 Å². The molecular weight excluding hydrogens is 290 g/mol. The van der Waals surface area contributed by atoms with Gasteiger partial charge in [0.2, 0.25) is 0 Å². The van der Waals surface area contributed by atoms with E-state index in [1.165, 1.54) is 0 Å². The first-order chi connectivity index (χ1) is 10.7. The lowest BCUT2D eigenvalue weighted by Crippen LogP contribution is -2.56. The lowest BCUT2D eigenvalue weighted by molar-refractivity contribution is -0.116. The van der Waals surface area contributed by atoms with Crippen molar-refractivity contribution in [2.24, 2.45) is 23.7 Å². The summed E-state index contributed by atoms with van der Waals surface area (Å²) in [6, 6.07) is 0.216. The van der Waals surface area contributed by atoms with Crippen LogP contribution in [0.4, 0.5) is 4.79 Å². The van der Waals surface area contributed by atoms with E-state index in [4.69, 9.17) is 4.74 Å². The molecule has 128 valence electrons. The minimum Gasteiger partial charge on any atom is -0.444 e. The lowest BCUT2D eigenvalue weighted by Gasteiger charge is -2.50. The van der Waals surface area contributed by atoms with E-state index in [1.807, 2.05) is 25.7 Å². The van der Waals surface area contributed by atoms with Gasteiger partial charge in [-0.05, 0) is 63.4 Å². The van der Waals surface area contributed by atoms with Gasteiger partial charge in [0.05, 0.1) is 0 Å². The Hall–Kier alpha value is -1.32. The Bertz CT molecular complexity index is 533. The summed E-state index contributed by atoms with van der Waals surface area (Å²) in [7, 11) is 0. The molecule has 0 N–H and O–H groups in total. The average Bonchev–Trinajstić information content (AvgIpc) is 2.52. The molecule has 2 bridgehead atoms. The zero-order chi connectivity index (χ0) is 16.9. The molecule has 0 aromatic carbocycles. The van der Waals surface area contributed by atoms with E-state index in [-0.39, 0.29) is 23.8 Å². The largest absolute Gasteiger partial charge is 0.444 e. The number of piperidine rings is 1. The molecule has 3 aliphatic rings. The van der Waals surface area contributed by atoms with E-state index in [1.54, 1.807) is 0 Å². The molecule has 1 amide bonds. The second-order valence-electron chi connectivity index (χ2n) is 8.79. The highest BCUT2D eigenvalue weighted by molar-refractivity contribution is 5.96. The summed E-state index contributed by atoms with van der Waals surface area (Å²) >= 11 is 0. The SMILES string of the molecule is C=C1C(=O)C[C@@H]2C[C@@H](C)C[C@H]3[C@@H]2C[C@@H]1CN3C(=O)OC(C)(C)C. The minimum absolute atomic E-state index is 0.106. The van der Waals surface area contributed by atoms with E-state index >= 15 is 0 Å². The van der Waals surface area contributed by atoms with Gasteiger partial charge in [0.25, 0.3) is 0 Å². The van der Waals surface area contributed by atoms with Crippen molar-refractivity contribution >= 4 is 11.9 Å². The van der Waals surface area contributed by atoms with Crippen molar-refractivity contribution in [2.75, 3.05) is 6.54 Å². The lowest BCUT2D eigenvalue weighted by atomic mass is 9.66. The van der Waals surface area contributed by atoms with Gasteiger partial charge >= 0.3 is 6.09 Å². The van der Waals surface area contributed by atoms with Crippen LogP contribution in [-0.2, 0) is 9.53 Å². The monoisotopic (exact) mass is 319 g/mol. The summed E-state index contributed by atoms with van der Waals surface area (Å²) in [5.41, 5.74) is 0.228. The number of nitrogens with zero attached hydrogens (tertiary/aromatic N) is 1. The van der Waals surface area contributed by atoms with E-state index in [2.05, 4.69) is 13.5 Å². The molecule has 0 radical (unpaired) electrons. The van der Waals surface area contributed by atoms with E-state index in [0.717, 1.165) is 24.8 Å². The predicted molar refractivity (Wildman–Crippen MR) is 89.0 cm³/mol. The number of Topliss-reactive ketones (excluding diaryl/α,β-unsaturated/α-hetero) is 1. The van der Waals surface area contributed by atoms with E-state index < -0.39 is 5.60 Å². The second kappa shape index (κ2) is 5.64. The van der Waals surface area contributed by atoms with Crippen LogP contribution in [0, 0.1) is 23.7 Å². The number of fused-ring (bicyclic) bond motifs is 1. The highest BCUT2D eigenvalue weighted by Crippen LogP contribution is 2.48. The Kier molecular flexibility index (Phi) is 4.06. The summed E-state index contributed by atoms with van der Waals surface area (Å²) in [6.07, 6.45) is 3.50. The predicted octanol–water partition coefficient (Wildman–Crippen LogP) is 3.80. The maximum absolute atomic E-state index is 12.7. The van der Waals surface area contributed by atoms with Gasteiger partial charge in [0.15, 0.2) is 5.78 Å². The smallest absolute Gasteiger partial charge is 0.410 e. The van der Waals surface area contributed by atoms with Crippen LogP contribution in [0.1, 0.15) is 53.4 Å². The third kappa shape index (κ3) is 3.17. The van der Waals surface area contributed by atoms with Crippen LogP contribution in [0.15, 0.2) is 12.2 Å². The molecule has 0 aromatic heterocycles. The molecule has 2 aliphatic carbocycles. The number of rotatable bonds is 0. The van der Waals surface area contributed by atoms with Crippen LogP contribution in [-0.4, -0.2) is 35.0 Å². The Balaban J connectivity index is 1.91. The summed E-state index contributed by atoms with van der Waals surface area (Å²) < 4.78 is 5.64. The van der Waals surface area contributed by atoms with Crippen molar-refractivity contribution in [3.8, 4) is 0 Å². The Morgan fingerprint density at radius 1 is 1.26 bits per heavy atom. The molecule has 1 saturated heterocycles. The highest BCUT2D eigenvalue weighted by Gasteiger charge is 2.49. The zero-order valence-corrected chi connectivity index (χ0v) is 14.8. The van der Waals surface area contributed by atoms with Crippen LogP contribution >= 0.6 is 0 Å². The average molecular weight is 319 g/mol. The fourth-order valence-corrected chi connectivity index (χ4v) is 4.79. The van der Waals surface area contributed by atoms with Gasteiger partial charge in [-0.15, -0.1) is 0 Å². The van der Waals surface area contributed by atoms with Crippen molar-refractivity contribution < 1.29 is 14.3 Å². The Morgan fingerprint density at radius 3 is 2.61 bits per heavy atom. The molecule has 2 saturated carbocycles. The Labute approximate surface area is 139 Å². The van der Waals surface area contributed by atoms with Crippen molar-refractivity contribution in [3.05, 3.63) is 12.2 Å². The van der Waals surface area contributed by atoms with Gasteiger partial charge < -0.3 is 9.64 Å². The fourth-order valence-electron chi connectivity index (χ4n) is 4.79. The summed E-state index contributed by atoms with van der Waals surface area (Å²) in [5.74, 6) is 1.67. The van der Waals surface area contributed by atoms with Gasteiger partial charge in [-0.3, -0.25) is 4.79 Å². The van der Waals surface area contributed by atoms with Crippen molar-refractivity contribution in [3.63, 3.8) is 0 Å². The van der Waals surface area contributed by atoms with Gasteiger partial charge in [0, 0.05) is 24.9 Å². The molecule has 4 heteroatoms. The van der Waals surface area contributed by atoms with Crippen molar-refractivity contribution in [2.45, 2.75) is 65.0 Å².